The molecule has 2 aromatic heterocycles. The van der Waals surface area contributed by atoms with Gasteiger partial charge in [0.05, 0.1) is 11.0 Å². The van der Waals surface area contributed by atoms with Crippen molar-refractivity contribution in [3.8, 4) is 0 Å². The normalized spacial score (nSPS) is 10.5. The third-order valence-electron chi connectivity index (χ3n) is 2.95. The quantitative estimate of drug-likeness (QED) is 0.381. The first kappa shape index (κ1) is 15.1. The first-order chi connectivity index (χ1) is 9.90. The molecular formula is C12H14N6O2S. The first-order valence-corrected chi connectivity index (χ1v) is 6.85. The molecule has 0 saturated heterocycles. The Kier molecular flexibility index (Phi) is 4.34. The van der Waals surface area contributed by atoms with Crippen LogP contribution in [0.4, 0.5) is 11.5 Å². The Morgan fingerprint density at radius 2 is 1.81 bits per heavy atom. The summed E-state index contributed by atoms with van der Waals surface area (Å²) < 4.78 is 0. The van der Waals surface area contributed by atoms with Crippen LogP contribution in [0, 0.1) is 30.9 Å². The molecule has 0 aliphatic carbocycles. The summed E-state index contributed by atoms with van der Waals surface area (Å²) in [5, 5.41) is 11.8. The highest BCUT2D eigenvalue weighted by Crippen LogP contribution is 2.28. The number of aryl methyl sites for hydroxylation is 2. The zero-order chi connectivity index (χ0) is 15.6. The highest BCUT2D eigenvalue weighted by atomic mass is 32.2. The summed E-state index contributed by atoms with van der Waals surface area (Å²) in [6.45, 7) is 5.73. The fourth-order valence-electron chi connectivity index (χ4n) is 1.60. The predicted octanol–water partition coefficient (Wildman–Crippen LogP) is 2.14. The van der Waals surface area contributed by atoms with Crippen LogP contribution in [0.5, 0.6) is 0 Å². The molecule has 21 heavy (non-hydrogen) atoms. The summed E-state index contributed by atoms with van der Waals surface area (Å²) in [5.74, 6) is 5.49. The predicted molar refractivity (Wildman–Crippen MR) is 79.1 cm³/mol. The molecule has 0 aromatic carbocycles. The van der Waals surface area contributed by atoms with Crippen LogP contribution < -0.4 is 11.3 Å². The maximum atomic E-state index is 10.9. The summed E-state index contributed by atoms with van der Waals surface area (Å²) in [6, 6.07) is 2.62. The van der Waals surface area contributed by atoms with E-state index in [0.29, 0.717) is 10.2 Å². The van der Waals surface area contributed by atoms with Crippen molar-refractivity contribution in [1.29, 1.82) is 0 Å². The maximum absolute atomic E-state index is 10.9. The van der Waals surface area contributed by atoms with E-state index in [9.17, 15) is 10.1 Å². The first-order valence-electron chi connectivity index (χ1n) is 6.03. The average Bonchev–Trinajstić information content (AvgIpc) is 2.44. The van der Waals surface area contributed by atoms with Gasteiger partial charge in [-0.05, 0) is 38.1 Å². The molecule has 2 rings (SSSR count). The summed E-state index contributed by atoms with van der Waals surface area (Å²) in [4.78, 5) is 23.2. The molecule has 0 saturated carbocycles. The standard InChI is InChI=1S/C12H14N6O2S/c1-6-7(2)14-12(15-8(6)3)21-11-5-9(18(19)20)4-10(16-11)17-13/h4-5H,13H2,1-3H3,(H,16,17). The number of hydrogen-bond acceptors (Lipinski definition) is 8. The van der Waals surface area contributed by atoms with Gasteiger partial charge in [0.25, 0.3) is 5.69 Å². The van der Waals surface area contributed by atoms with E-state index < -0.39 is 4.92 Å². The van der Waals surface area contributed by atoms with Crippen LogP contribution in [0.1, 0.15) is 17.0 Å². The van der Waals surface area contributed by atoms with Gasteiger partial charge in [-0.15, -0.1) is 0 Å². The second-order valence-corrected chi connectivity index (χ2v) is 5.34. The molecule has 2 heterocycles. The Labute approximate surface area is 125 Å². The minimum absolute atomic E-state index is 0.0963. The van der Waals surface area contributed by atoms with Crippen LogP contribution in [0.3, 0.4) is 0 Å². The molecule has 0 atom stereocenters. The van der Waals surface area contributed by atoms with E-state index in [4.69, 9.17) is 5.84 Å². The molecule has 0 aliphatic rings. The summed E-state index contributed by atoms with van der Waals surface area (Å²) in [6.07, 6.45) is 0. The lowest BCUT2D eigenvalue weighted by Crippen LogP contribution is -2.09. The molecule has 0 fully saturated rings. The fourth-order valence-corrected chi connectivity index (χ4v) is 2.48. The number of nitrogens with one attached hydrogen (secondary N) is 1. The molecule has 0 unspecified atom stereocenters. The molecule has 0 radical (unpaired) electrons. The van der Waals surface area contributed by atoms with Crippen molar-refractivity contribution in [2.24, 2.45) is 5.84 Å². The molecule has 3 N–H and O–H groups in total. The number of hydrogen-bond donors (Lipinski definition) is 2. The number of pyridine rings is 1. The second kappa shape index (κ2) is 6.02. The minimum Gasteiger partial charge on any atom is -0.308 e. The summed E-state index contributed by atoms with van der Waals surface area (Å²) in [5.41, 5.74) is 4.97. The third kappa shape index (κ3) is 3.44. The van der Waals surface area contributed by atoms with Crippen LogP contribution in [0.25, 0.3) is 0 Å². The van der Waals surface area contributed by atoms with Gasteiger partial charge in [-0.1, -0.05) is 0 Å². The third-order valence-corrected chi connectivity index (χ3v) is 3.74. The summed E-state index contributed by atoms with van der Waals surface area (Å²) in [7, 11) is 0. The molecule has 0 amide bonds. The van der Waals surface area contributed by atoms with E-state index in [1.165, 1.54) is 12.1 Å². The number of hydrazine groups is 1. The Balaban J connectivity index is 2.39. The van der Waals surface area contributed by atoms with E-state index >= 15 is 0 Å². The highest BCUT2D eigenvalue weighted by molar-refractivity contribution is 7.99. The van der Waals surface area contributed by atoms with Crippen molar-refractivity contribution < 1.29 is 4.92 Å². The number of anilines is 1. The Bertz CT molecular complexity index is 683. The van der Waals surface area contributed by atoms with Crippen molar-refractivity contribution in [2.75, 3.05) is 5.43 Å². The highest BCUT2D eigenvalue weighted by Gasteiger charge is 2.14. The van der Waals surface area contributed by atoms with Gasteiger partial charge >= 0.3 is 0 Å². The molecule has 110 valence electrons. The van der Waals surface area contributed by atoms with Gasteiger partial charge in [0.2, 0.25) is 0 Å². The van der Waals surface area contributed by atoms with Gasteiger partial charge in [0, 0.05) is 17.5 Å². The van der Waals surface area contributed by atoms with E-state index in [1.54, 1.807) is 0 Å². The summed E-state index contributed by atoms with van der Waals surface area (Å²) >= 11 is 1.15. The smallest absolute Gasteiger partial charge is 0.275 e. The van der Waals surface area contributed by atoms with Crippen LogP contribution >= 0.6 is 11.8 Å². The lowest BCUT2D eigenvalue weighted by molar-refractivity contribution is -0.385. The zero-order valence-electron chi connectivity index (χ0n) is 11.7. The molecule has 2 aromatic rings. The van der Waals surface area contributed by atoms with E-state index in [1.807, 2.05) is 20.8 Å². The van der Waals surface area contributed by atoms with Gasteiger partial charge in [-0.3, -0.25) is 10.1 Å². The minimum atomic E-state index is -0.501. The number of aromatic nitrogens is 3. The van der Waals surface area contributed by atoms with Gasteiger partial charge < -0.3 is 5.43 Å². The number of nitrogens with zero attached hydrogens (tertiary/aromatic N) is 4. The van der Waals surface area contributed by atoms with Crippen molar-refractivity contribution in [2.45, 2.75) is 31.0 Å². The van der Waals surface area contributed by atoms with Crippen LogP contribution in [0.2, 0.25) is 0 Å². The molecule has 0 aliphatic heterocycles. The van der Waals surface area contributed by atoms with E-state index in [-0.39, 0.29) is 11.5 Å². The molecule has 8 nitrogen and oxygen atoms in total. The van der Waals surface area contributed by atoms with Gasteiger partial charge in [0.15, 0.2) is 5.16 Å². The largest absolute Gasteiger partial charge is 0.308 e. The van der Waals surface area contributed by atoms with Crippen LogP contribution in [-0.4, -0.2) is 19.9 Å². The fraction of sp³-hybridized carbons (Fsp3) is 0.250. The lowest BCUT2D eigenvalue weighted by atomic mass is 10.2. The average molecular weight is 306 g/mol. The SMILES string of the molecule is Cc1nc(Sc2cc([N+](=O)[O-])cc(NN)n2)nc(C)c1C. The van der Waals surface area contributed by atoms with Crippen LogP contribution in [0.15, 0.2) is 22.3 Å². The van der Waals surface area contributed by atoms with Gasteiger partial charge in [0.1, 0.15) is 10.8 Å². The second-order valence-electron chi connectivity index (χ2n) is 4.35. The van der Waals surface area contributed by atoms with Crippen molar-refractivity contribution in [1.82, 2.24) is 15.0 Å². The molecule has 0 spiro atoms. The van der Waals surface area contributed by atoms with Crippen LogP contribution in [-0.2, 0) is 0 Å². The van der Waals surface area contributed by atoms with Gasteiger partial charge in [-0.2, -0.15) is 0 Å². The van der Waals surface area contributed by atoms with Crippen molar-refractivity contribution in [3.05, 3.63) is 39.2 Å². The number of rotatable bonds is 4. The lowest BCUT2D eigenvalue weighted by Gasteiger charge is -2.07. The van der Waals surface area contributed by atoms with E-state index in [2.05, 4.69) is 20.4 Å². The molecular weight excluding hydrogens is 292 g/mol. The monoisotopic (exact) mass is 306 g/mol. The molecule has 0 bridgehead atoms. The molecule has 9 heteroatoms. The Morgan fingerprint density at radius 3 is 2.33 bits per heavy atom. The van der Waals surface area contributed by atoms with Crippen molar-refractivity contribution >= 4 is 23.3 Å². The zero-order valence-corrected chi connectivity index (χ0v) is 12.6. The Hall–Kier alpha value is -2.26. The topological polar surface area (TPSA) is 120 Å². The number of nitrogen functional groups attached to an aromatic ring is 1. The number of nitro groups is 1. The number of nitrogens with two attached hydrogens (primary N) is 1. The van der Waals surface area contributed by atoms with E-state index in [0.717, 1.165) is 28.7 Å². The maximum Gasteiger partial charge on any atom is 0.275 e. The van der Waals surface area contributed by atoms with Gasteiger partial charge in [-0.25, -0.2) is 20.8 Å². The Morgan fingerprint density at radius 1 is 1.19 bits per heavy atom. The van der Waals surface area contributed by atoms with Crippen molar-refractivity contribution in [3.63, 3.8) is 0 Å².